The van der Waals surface area contributed by atoms with Crippen molar-refractivity contribution in [3.05, 3.63) is 59.2 Å². The number of halogens is 3. The van der Waals surface area contributed by atoms with E-state index in [4.69, 9.17) is 0 Å². The smallest absolute Gasteiger partial charge is 0.422 e. The summed E-state index contributed by atoms with van der Waals surface area (Å²) in [6.45, 7) is 1.03. The van der Waals surface area contributed by atoms with Crippen LogP contribution in [0.25, 0.3) is 0 Å². The Kier molecular flexibility index (Phi) is 5.46. The lowest BCUT2D eigenvalue weighted by Crippen LogP contribution is -2.31. The van der Waals surface area contributed by atoms with Crippen molar-refractivity contribution in [2.75, 3.05) is 6.61 Å². The van der Waals surface area contributed by atoms with Crippen LogP contribution in [0.4, 0.5) is 13.2 Å². The van der Waals surface area contributed by atoms with Crippen LogP contribution >= 0.6 is 11.8 Å². The summed E-state index contributed by atoms with van der Waals surface area (Å²) in [5.41, 5.74) is 3.16. The maximum atomic E-state index is 12.4. The molecule has 138 valence electrons. The second-order valence-electron chi connectivity index (χ2n) is 6.19. The van der Waals surface area contributed by atoms with Gasteiger partial charge in [-0.2, -0.15) is 13.2 Å². The zero-order chi connectivity index (χ0) is 18.7. The van der Waals surface area contributed by atoms with Crippen LogP contribution in [0.2, 0.25) is 0 Å². The first-order chi connectivity index (χ1) is 12.3. The van der Waals surface area contributed by atoms with E-state index in [1.807, 2.05) is 13.0 Å². The molecule has 1 unspecified atom stereocenters. The fraction of sp³-hybridized carbons (Fsp3) is 0.316. The molecule has 0 radical (unpaired) electrons. The molecule has 2 aromatic rings. The number of aryl methyl sites for hydroxylation is 1. The third-order valence-electron chi connectivity index (χ3n) is 3.98. The van der Waals surface area contributed by atoms with Gasteiger partial charge in [-0.1, -0.05) is 29.8 Å². The van der Waals surface area contributed by atoms with E-state index in [2.05, 4.69) is 22.2 Å². The molecule has 0 saturated carbocycles. The quantitative estimate of drug-likeness (QED) is 0.841. The highest BCUT2D eigenvalue weighted by atomic mass is 32.2. The fourth-order valence-electron chi connectivity index (χ4n) is 2.65. The summed E-state index contributed by atoms with van der Waals surface area (Å²) >= 11 is 1.57. The molecular weight excluding hydrogens is 363 g/mol. The van der Waals surface area contributed by atoms with E-state index in [1.54, 1.807) is 23.9 Å². The molecule has 0 aliphatic carbocycles. The van der Waals surface area contributed by atoms with E-state index in [-0.39, 0.29) is 16.9 Å². The highest BCUT2D eigenvalue weighted by molar-refractivity contribution is 8.01. The Balaban J connectivity index is 1.49. The molecule has 3 rings (SSSR count). The molecule has 7 heteroatoms. The molecule has 26 heavy (non-hydrogen) atoms. The van der Waals surface area contributed by atoms with Crippen LogP contribution in [0.15, 0.2) is 47.4 Å². The molecule has 1 heterocycles. The Labute approximate surface area is 153 Å². The summed E-state index contributed by atoms with van der Waals surface area (Å²) in [5, 5.41) is 2.73. The number of amides is 1. The average Bonchev–Trinajstić information content (AvgIpc) is 3.01. The van der Waals surface area contributed by atoms with Gasteiger partial charge in [0.2, 0.25) is 5.91 Å². The number of alkyl halides is 3. The molecule has 0 spiro atoms. The normalized spacial score (nSPS) is 16.2. The van der Waals surface area contributed by atoms with Crippen LogP contribution < -0.4 is 10.1 Å². The summed E-state index contributed by atoms with van der Waals surface area (Å²) in [4.78, 5) is 13.5. The van der Waals surface area contributed by atoms with Crippen LogP contribution in [0.1, 0.15) is 16.7 Å². The number of hydrogen-bond acceptors (Lipinski definition) is 3. The summed E-state index contributed by atoms with van der Waals surface area (Å²) in [6, 6.07) is 12.4. The van der Waals surface area contributed by atoms with Gasteiger partial charge in [-0.25, -0.2) is 0 Å². The standard InChI is InChI=1S/C19H18F3NO2S/c1-12-2-5-14-9-17(26-16(14)8-12)18(24)23-10-13-3-6-15(7-4-13)25-11-19(20,21)22/h2-8,17H,9-11H2,1H3,(H,23,24). The van der Waals surface area contributed by atoms with Crippen molar-refractivity contribution in [1.29, 1.82) is 0 Å². The van der Waals surface area contributed by atoms with E-state index in [1.165, 1.54) is 23.3 Å². The van der Waals surface area contributed by atoms with Crippen LogP contribution in [0.5, 0.6) is 5.75 Å². The summed E-state index contributed by atoms with van der Waals surface area (Å²) in [6.07, 6.45) is -3.65. The van der Waals surface area contributed by atoms with Gasteiger partial charge >= 0.3 is 6.18 Å². The highest BCUT2D eigenvalue weighted by Crippen LogP contribution is 2.37. The number of fused-ring (bicyclic) bond motifs is 1. The minimum absolute atomic E-state index is 0.0405. The molecular formula is C19H18F3NO2S. The summed E-state index contributed by atoms with van der Waals surface area (Å²) in [7, 11) is 0. The van der Waals surface area contributed by atoms with Crippen molar-refractivity contribution in [2.45, 2.75) is 36.2 Å². The third kappa shape index (κ3) is 4.94. The molecule has 1 N–H and O–H groups in total. The van der Waals surface area contributed by atoms with Crippen molar-refractivity contribution in [2.24, 2.45) is 0 Å². The van der Waals surface area contributed by atoms with Gasteiger partial charge in [-0.3, -0.25) is 4.79 Å². The van der Waals surface area contributed by atoms with Crippen molar-refractivity contribution in [3.8, 4) is 5.75 Å². The Morgan fingerprint density at radius 2 is 1.96 bits per heavy atom. The van der Waals surface area contributed by atoms with E-state index >= 15 is 0 Å². The molecule has 1 amide bonds. The molecule has 0 fully saturated rings. The lowest BCUT2D eigenvalue weighted by Gasteiger charge is -2.11. The maximum absolute atomic E-state index is 12.4. The van der Waals surface area contributed by atoms with Gasteiger partial charge in [0.05, 0.1) is 5.25 Å². The molecule has 0 saturated heterocycles. The van der Waals surface area contributed by atoms with Gasteiger partial charge in [-0.15, -0.1) is 11.8 Å². The first-order valence-electron chi connectivity index (χ1n) is 8.12. The van der Waals surface area contributed by atoms with Crippen molar-refractivity contribution >= 4 is 17.7 Å². The van der Waals surface area contributed by atoms with Crippen LogP contribution in [-0.2, 0) is 17.8 Å². The molecule has 1 aliphatic rings. The Bertz CT molecular complexity index is 790. The monoisotopic (exact) mass is 381 g/mol. The number of carbonyl (C=O) groups is 1. The van der Waals surface area contributed by atoms with E-state index in [0.717, 1.165) is 10.5 Å². The lowest BCUT2D eigenvalue weighted by atomic mass is 10.1. The second-order valence-corrected chi connectivity index (χ2v) is 7.43. The molecule has 3 nitrogen and oxygen atoms in total. The van der Waals surface area contributed by atoms with E-state index in [9.17, 15) is 18.0 Å². The largest absolute Gasteiger partial charge is 0.484 e. The predicted molar refractivity (Wildman–Crippen MR) is 94.4 cm³/mol. The van der Waals surface area contributed by atoms with Gasteiger partial charge < -0.3 is 10.1 Å². The van der Waals surface area contributed by atoms with Gasteiger partial charge in [0.25, 0.3) is 0 Å². The number of rotatable bonds is 5. The molecule has 1 atom stereocenters. The fourth-order valence-corrected chi connectivity index (χ4v) is 3.97. The van der Waals surface area contributed by atoms with Gasteiger partial charge in [0, 0.05) is 11.4 Å². The molecule has 0 aromatic heterocycles. The molecule has 1 aliphatic heterocycles. The number of ether oxygens (including phenoxy) is 1. The molecule has 0 bridgehead atoms. The van der Waals surface area contributed by atoms with Crippen molar-refractivity contribution in [1.82, 2.24) is 5.32 Å². The SMILES string of the molecule is Cc1ccc2c(c1)SC(C(=O)NCc1ccc(OCC(F)(F)F)cc1)C2. The first kappa shape index (κ1) is 18.6. The average molecular weight is 381 g/mol. The number of benzene rings is 2. The number of nitrogens with one attached hydrogen (secondary N) is 1. The predicted octanol–water partition coefficient (Wildman–Crippen LogP) is 4.27. The van der Waals surface area contributed by atoms with Crippen molar-refractivity contribution in [3.63, 3.8) is 0 Å². The van der Waals surface area contributed by atoms with Gasteiger partial charge in [-0.05, 0) is 42.7 Å². The maximum Gasteiger partial charge on any atom is 0.422 e. The minimum Gasteiger partial charge on any atom is -0.484 e. The van der Waals surface area contributed by atoms with Crippen LogP contribution in [0.3, 0.4) is 0 Å². The van der Waals surface area contributed by atoms with E-state index in [0.29, 0.717) is 13.0 Å². The third-order valence-corrected chi connectivity index (χ3v) is 5.28. The Morgan fingerprint density at radius 1 is 1.23 bits per heavy atom. The first-order valence-corrected chi connectivity index (χ1v) is 9.00. The summed E-state index contributed by atoms with van der Waals surface area (Å²) in [5.74, 6) is 0.107. The minimum atomic E-state index is -4.36. The Hall–Kier alpha value is -2.15. The number of thioether (sulfide) groups is 1. The Morgan fingerprint density at radius 3 is 2.65 bits per heavy atom. The number of carbonyl (C=O) groups excluding carboxylic acids is 1. The topological polar surface area (TPSA) is 38.3 Å². The zero-order valence-electron chi connectivity index (χ0n) is 14.1. The van der Waals surface area contributed by atoms with Crippen LogP contribution in [-0.4, -0.2) is 23.9 Å². The van der Waals surface area contributed by atoms with Gasteiger partial charge in [0.1, 0.15) is 5.75 Å². The van der Waals surface area contributed by atoms with Crippen LogP contribution in [0, 0.1) is 6.92 Å². The highest BCUT2D eigenvalue weighted by Gasteiger charge is 2.29. The van der Waals surface area contributed by atoms with Gasteiger partial charge in [0.15, 0.2) is 6.61 Å². The zero-order valence-corrected chi connectivity index (χ0v) is 14.9. The molecule has 2 aromatic carbocycles. The van der Waals surface area contributed by atoms with Crippen molar-refractivity contribution < 1.29 is 22.7 Å². The summed E-state index contributed by atoms with van der Waals surface area (Å²) < 4.78 is 41.0. The van der Waals surface area contributed by atoms with E-state index < -0.39 is 12.8 Å². The lowest BCUT2D eigenvalue weighted by molar-refractivity contribution is -0.153. The second kappa shape index (κ2) is 7.61. The number of hydrogen-bond donors (Lipinski definition) is 1.